The van der Waals surface area contributed by atoms with E-state index in [0.29, 0.717) is 6.54 Å². The van der Waals surface area contributed by atoms with Crippen LogP contribution in [0, 0.1) is 0 Å². The fourth-order valence-corrected chi connectivity index (χ4v) is 1.68. The molecule has 5 nitrogen and oxygen atoms in total. The van der Waals surface area contributed by atoms with Gasteiger partial charge < -0.3 is 20.1 Å². The van der Waals surface area contributed by atoms with Gasteiger partial charge in [0.1, 0.15) is 11.5 Å². The number of carbonyl (C=O) groups excluding carboxylic acids is 1. The van der Waals surface area contributed by atoms with Gasteiger partial charge >= 0.3 is 0 Å². The van der Waals surface area contributed by atoms with Crippen LogP contribution in [0.1, 0.15) is 19.4 Å². The minimum absolute atomic E-state index is 0.0116. The van der Waals surface area contributed by atoms with E-state index >= 15 is 0 Å². The molecule has 1 rings (SSSR count). The molecule has 0 aromatic heterocycles. The van der Waals surface area contributed by atoms with Gasteiger partial charge in [-0.25, -0.2) is 0 Å². The summed E-state index contributed by atoms with van der Waals surface area (Å²) in [6, 6.07) is 5.77. The van der Waals surface area contributed by atoms with Crippen molar-refractivity contribution in [1.82, 2.24) is 10.6 Å². The quantitative estimate of drug-likeness (QED) is 0.781. The van der Waals surface area contributed by atoms with Gasteiger partial charge in [-0.1, -0.05) is 6.07 Å². The maximum Gasteiger partial charge on any atom is 0.234 e. The molecule has 1 aromatic carbocycles. The zero-order chi connectivity index (χ0) is 14.3. The first kappa shape index (κ1) is 15.3. The Morgan fingerprint density at radius 2 is 2.00 bits per heavy atom. The predicted octanol–water partition coefficient (Wildman–Crippen LogP) is 1.32. The third kappa shape index (κ3) is 5.18. The molecule has 0 radical (unpaired) electrons. The third-order valence-electron chi connectivity index (χ3n) is 2.54. The molecule has 0 fully saturated rings. The average Bonchev–Trinajstić information content (AvgIpc) is 2.38. The summed E-state index contributed by atoms with van der Waals surface area (Å²) in [5.41, 5.74) is 0.987. The minimum atomic E-state index is -0.0116. The van der Waals surface area contributed by atoms with Crippen molar-refractivity contribution < 1.29 is 14.3 Å². The summed E-state index contributed by atoms with van der Waals surface area (Å²) >= 11 is 0. The fourth-order valence-electron chi connectivity index (χ4n) is 1.68. The molecule has 0 unspecified atom stereocenters. The third-order valence-corrected chi connectivity index (χ3v) is 2.54. The van der Waals surface area contributed by atoms with E-state index in [0.717, 1.165) is 17.1 Å². The first-order valence-electron chi connectivity index (χ1n) is 6.27. The van der Waals surface area contributed by atoms with E-state index in [-0.39, 0.29) is 18.5 Å². The van der Waals surface area contributed by atoms with Crippen molar-refractivity contribution in [3.8, 4) is 11.5 Å². The minimum Gasteiger partial charge on any atom is -0.497 e. The summed E-state index contributed by atoms with van der Waals surface area (Å²) in [5.74, 6) is 1.48. The second-order valence-corrected chi connectivity index (χ2v) is 4.50. The molecule has 0 spiro atoms. The lowest BCUT2D eigenvalue weighted by Crippen LogP contribution is -2.37. The Morgan fingerprint density at radius 3 is 2.58 bits per heavy atom. The van der Waals surface area contributed by atoms with Gasteiger partial charge in [0.15, 0.2) is 0 Å². The summed E-state index contributed by atoms with van der Waals surface area (Å²) in [4.78, 5) is 11.5. The van der Waals surface area contributed by atoms with Crippen molar-refractivity contribution in [2.24, 2.45) is 0 Å². The van der Waals surface area contributed by atoms with Gasteiger partial charge in [-0.2, -0.15) is 0 Å². The molecule has 0 aliphatic rings. The maximum absolute atomic E-state index is 11.5. The van der Waals surface area contributed by atoms with E-state index in [1.54, 1.807) is 14.2 Å². The molecule has 5 heteroatoms. The molecule has 0 saturated heterocycles. The lowest BCUT2D eigenvalue weighted by molar-refractivity contribution is -0.120. The van der Waals surface area contributed by atoms with Gasteiger partial charge in [-0.15, -0.1) is 0 Å². The fraction of sp³-hybridized carbons (Fsp3) is 0.500. The van der Waals surface area contributed by atoms with Gasteiger partial charge in [-0.3, -0.25) is 4.79 Å². The molecule has 0 saturated carbocycles. The van der Waals surface area contributed by atoms with E-state index in [1.807, 2.05) is 32.0 Å². The molecule has 1 amide bonds. The molecule has 0 aliphatic carbocycles. The van der Waals surface area contributed by atoms with Crippen molar-refractivity contribution >= 4 is 5.91 Å². The number of ether oxygens (including phenoxy) is 2. The molecule has 19 heavy (non-hydrogen) atoms. The van der Waals surface area contributed by atoms with Crippen molar-refractivity contribution in [1.29, 1.82) is 0 Å². The van der Waals surface area contributed by atoms with Crippen LogP contribution in [0.2, 0.25) is 0 Å². The monoisotopic (exact) mass is 266 g/mol. The first-order chi connectivity index (χ1) is 9.06. The van der Waals surface area contributed by atoms with Crippen molar-refractivity contribution in [3.63, 3.8) is 0 Å². The first-order valence-corrected chi connectivity index (χ1v) is 6.27. The Labute approximate surface area is 114 Å². The highest BCUT2D eigenvalue weighted by Gasteiger charge is 2.06. The number of hydrogen-bond acceptors (Lipinski definition) is 4. The van der Waals surface area contributed by atoms with Crippen LogP contribution in [-0.4, -0.2) is 32.7 Å². The SMILES string of the molecule is COc1ccc(CNCC(=O)NC(C)C)c(OC)c1. The van der Waals surface area contributed by atoms with Crippen LogP contribution in [0.25, 0.3) is 0 Å². The summed E-state index contributed by atoms with van der Waals surface area (Å²) in [6.45, 7) is 4.72. The van der Waals surface area contributed by atoms with Crippen LogP contribution in [0.3, 0.4) is 0 Å². The highest BCUT2D eigenvalue weighted by Crippen LogP contribution is 2.24. The highest BCUT2D eigenvalue weighted by atomic mass is 16.5. The van der Waals surface area contributed by atoms with Gasteiger partial charge in [0.25, 0.3) is 0 Å². The summed E-state index contributed by atoms with van der Waals surface area (Å²) in [5, 5.41) is 5.91. The molecule has 0 heterocycles. The van der Waals surface area contributed by atoms with Crippen molar-refractivity contribution in [2.45, 2.75) is 26.4 Å². The molecule has 0 atom stereocenters. The second kappa shape index (κ2) is 7.63. The lowest BCUT2D eigenvalue weighted by atomic mass is 10.2. The number of nitrogens with one attached hydrogen (secondary N) is 2. The van der Waals surface area contributed by atoms with Crippen LogP contribution in [0.15, 0.2) is 18.2 Å². The topological polar surface area (TPSA) is 59.6 Å². The number of benzene rings is 1. The average molecular weight is 266 g/mol. The molecule has 1 aromatic rings. The van der Waals surface area contributed by atoms with Crippen molar-refractivity contribution in [3.05, 3.63) is 23.8 Å². The maximum atomic E-state index is 11.5. The number of hydrogen-bond donors (Lipinski definition) is 2. The Balaban J connectivity index is 2.51. The molecule has 0 bridgehead atoms. The Bertz CT molecular complexity index is 419. The zero-order valence-corrected chi connectivity index (χ0v) is 11.9. The smallest absolute Gasteiger partial charge is 0.234 e. The molecule has 106 valence electrons. The van der Waals surface area contributed by atoms with Crippen LogP contribution < -0.4 is 20.1 Å². The Hall–Kier alpha value is -1.75. The van der Waals surface area contributed by atoms with Crippen molar-refractivity contribution in [2.75, 3.05) is 20.8 Å². The van der Waals surface area contributed by atoms with Crippen LogP contribution in [0.4, 0.5) is 0 Å². The molecular weight excluding hydrogens is 244 g/mol. The van der Waals surface area contributed by atoms with E-state index in [2.05, 4.69) is 10.6 Å². The summed E-state index contributed by atoms with van der Waals surface area (Å²) in [7, 11) is 3.23. The van der Waals surface area contributed by atoms with Gasteiger partial charge in [0, 0.05) is 24.2 Å². The van der Waals surface area contributed by atoms with Gasteiger partial charge in [-0.05, 0) is 19.9 Å². The van der Waals surface area contributed by atoms with Crippen LogP contribution >= 0.6 is 0 Å². The summed E-state index contributed by atoms with van der Waals surface area (Å²) in [6.07, 6.45) is 0. The lowest BCUT2D eigenvalue weighted by Gasteiger charge is -2.12. The van der Waals surface area contributed by atoms with Gasteiger partial charge in [0.05, 0.1) is 20.8 Å². The Morgan fingerprint density at radius 1 is 1.26 bits per heavy atom. The predicted molar refractivity (Wildman–Crippen MR) is 74.5 cm³/mol. The van der Waals surface area contributed by atoms with Crippen LogP contribution in [-0.2, 0) is 11.3 Å². The zero-order valence-electron chi connectivity index (χ0n) is 11.9. The normalized spacial score (nSPS) is 10.4. The van der Waals surface area contributed by atoms with Gasteiger partial charge in [0.2, 0.25) is 5.91 Å². The number of methoxy groups -OCH3 is 2. The molecular formula is C14H22N2O3. The number of rotatable bonds is 7. The van der Waals surface area contributed by atoms with Crippen LogP contribution in [0.5, 0.6) is 11.5 Å². The Kier molecular flexibility index (Phi) is 6.15. The van der Waals surface area contributed by atoms with E-state index in [1.165, 1.54) is 0 Å². The van der Waals surface area contributed by atoms with E-state index in [9.17, 15) is 4.79 Å². The number of carbonyl (C=O) groups is 1. The highest BCUT2D eigenvalue weighted by molar-refractivity contribution is 5.78. The second-order valence-electron chi connectivity index (χ2n) is 4.50. The standard InChI is InChI=1S/C14H22N2O3/c1-10(2)16-14(17)9-15-8-11-5-6-12(18-3)7-13(11)19-4/h5-7,10,15H,8-9H2,1-4H3,(H,16,17). The largest absolute Gasteiger partial charge is 0.497 e. The van der Waals surface area contributed by atoms with E-state index < -0.39 is 0 Å². The molecule has 0 aliphatic heterocycles. The van der Waals surface area contributed by atoms with E-state index in [4.69, 9.17) is 9.47 Å². The molecule has 2 N–H and O–H groups in total. The number of amides is 1. The summed E-state index contributed by atoms with van der Waals surface area (Å²) < 4.78 is 10.4.